The largest absolute Gasteiger partial charge is 0.420 e. The van der Waals surface area contributed by atoms with E-state index in [2.05, 4.69) is 30.2 Å². The fourth-order valence-electron chi connectivity index (χ4n) is 4.79. The first-order valence-electron chi connectivity index (χ1n) is 12.2. The highest BCUT2D eigenvalue weighted by atomic mass is 19.4. The summed E-state index contributed by atoms with van der Waals surface area (Å²) in [7, 11) is 0. The van der Waals surface area contributed by atoms with E-state index in [9.17, 15) is 27.9 Å². The molecule has 12 nitrogen and oxygen atoms in total. The fourth-order valence-corrected chi connectivity index (χ4v) is 4.79. The molecule has 1 aliphatic heterocycles. The third-order valence-electron chi connectivity index (χ3n) is 6.67. The molecule has 1 aliphatic rings. The summed E-state index contributed by atoms with van der Waals surface area (Å²) in [4.78, 5) is 39.5. The number of nitrogen functional groups attached to an aromatic ring is 1. The summed E-state index contributed by atoms with van der Waals surface area (Å²) in [5, 5.41) is 20.0. The van der Waals surface area contributed by atoms with Crippen LogP contribution in [0.15, 0.2) is 42.6 Å². The number of alkyl halides is 3. The van der Waals surface area contributed by atoms with Crippen molar-refractivity contribution in [3.05, 3.63) is 65.4 Å². The summed E-state index contributed by atoms with van der Waals surface area (Å²) >= 11 is 0. The van der Waals surface area contributed by atoms with Crippen LogP contribution in [-0.4, -0.2) is 68.7 Å². The molecule has 40 heavy (non-hydrogen) atoms. The molecule has 0 radical (unpaired) electrons. The predicted octanol–water partition coefficient (Wildman–Crippen LogP) is 3.04. The summed E-state index contributed by atoms with van der Waals surface area (Å²) in [6.07, 6.45) is -0.597. The maximum Gasteiger partial charge on any atom is 0.420 e. The quantitative estimate of drug-likeness (QED) is 0.290. The van der Waals surface area contributed by atoms with Crippen LogP contribution in [0, 0.1) is 0 Å². The molecule has 2 atom stereocenters. The number of hydrogen-bond donors (Lipinski definition) is 3. The molecule has 4 N–H and O–H groups in total. The number of nitrogens with two attached hydrogens (primary N) is 1. The van der Waals surface area contributed by atoms with Crippen molar-refractivity contribution in [2.45, 2.75) is 51.4 Å². The van der Waals surface area contributed by atoms with Crippen molar-refractivity contribution in [2.24, 2.45) is 0 Å². The Morgan fingerprint density at radius 3 is 2.65 bits per heavy atom. The lowest BCUT2D eigenvalue weighted by atomic mass is 10.0. The van der Waals surface area contributed by atoms with Crippen LogP contribution in [0.25, 0.3) is 16.8 Å². The number of anilines is 1. The maximum absolute atomic E-state index is 12.9. The summed E-state index contributed by atoms with van der Waals surface area (Å²) in [6, 6.07) is 2.21. The number of aromatic amines is 1. The van der Waals surface area contributed by atoms with Crippen LogP contribution >= 0.6 is 0 Å². The van der Waals surface area contributed by atoms with Crippen LogP contribution in [0.2, 0.25) is 0 Å². The molecule has 4 aromatic heterocycles. The van der Waals surface area contributed by atoms with Crippen molar-refractivity contribution in [1.29, 1.82) is 0 Å². The zero-order chi connectivity index (χ0) is 28.8. The molecule has 5 heterocycles. The minimum atomic E-state index is -4.85. The minimum Gasteiger partial charge on any atom is -0.383 e. The highest BCUT2D eigenvalue weighted by Crippen LogP contribution is 2.33. The maximum atomic E-state index is 12.9. The number of aliphatic hydroxyl groups excluding tert-OH is 1. The van der Waals surface area contributed by atoms with Crippen LogP contribution in [0.3, 0.4) is 0 Å². The fraction of sp³-hybridized carbons (Fsp3) is 0.320. The van der Waals surface area contributed by atoms with E-state index in [-0.39, 0.29) is 40.6 Å². The SMILES string of the molecule is CC(=O)c1c(CC[C@H]2CC(C)=CN2C(=O)c2ncn[nH]2)nc2c(-c3ccc(C(O)C(F)(F)F)nc3)cnn2c1N. The number of nitrogens with zero attached hydrogens (tertiary/aromatic N) is 7. The summed E-state index contributed by atoms with van der Waals surface area (Å²) in [6.45, 7) is 3.28. The van der Waals surface area contributed by atoms with Gasteiger partial charge in [-0.25, -0.2) is 9.97 Å². The van der Waals surface area contributed by atoms with Gasteiger partial charge in [0.05, 0.1) is 23.1 Å². The Labute approximate surface area is 224 Å². The normalized spacial score (nSPS) is 16.4. The lowest BCUT2D eigenvalue weighted by molar-refractivity contribution is -0.207. The Morgan fingerprint density at radius 2 is 2.02 bits per heavy atom. The second-order valence-electron chi connectivity index (χ2n) is 9.50. The second kappa shape index (κ2) is 10.1. The van der Waals surface area contributed by atoms with Gasteiger partial charge >= 0.3 is 6.18 Å². The molecule has 0 bridgehead atoms. The first-order valence-corrected chi connectivity index (χ1v) is 12.2. The first-order chi connectivity index (χ1) is 19.0. The highest BCUT2D eigenvalue weighted by Gasteiger charge is 2.40. The number of amides is 1. The summed E-state index contributed by atoms with van der Waals surface area (Å²) in [5.74, 6) is -0.484. The number of hydrogen-bond acceptors (Lipinski definition) is 9. The number of aromatic nitrogens is 7. The molecule has 15 heteroatoms. The number of pyridine rings is 1. The molecule has 208 valence electrons. The van der Waals surface area contributed by atoms with E-state index < -0.39 is 18.0 Å². The number of nitrogens with one attached hydrogen (secondary N) is 1. The summed E-state index contributed by atoms with van der Waals surface area (Å²) in [5.41, 5.74) is 8.46. The van der Waals surface area contributed by atoms with Gasteiger partial charge in [0.2, 0.25) is 5.82 Å². The van der Waals surface area contributed by atoms with Crippen LogP contribution in [-0.2, 0) is 6.42 Å². The average Bonchev–Trinajstić information content (AvgIpc) is 3.66. The number of H-pyrrole nitrogens is 1. The molecule has 5 rings (SSSR count). The van der Waals surface area contributed by atoms with E-state index in [1.165, 1.54) is 36.2 Å². The third kappa shape index (κ3) is 4.90. The van der Waals surface area contributed by atoms with Crippen molar-refractivity contribution < 1.29 is 27.9 Å². The van der Waals surface area contributed by atoms with Gasteiger partial charge in [0, 0.05) is 29.6 Å². The van der Waals surface area contributed by atoms with Gasteiger partial charge < -0.3 is 15.7 Å². The molecule has 0 saturated heterocycles. The Balaban J connectivity index is 1.46. The van der Waals surface area contributed by atoms with Gasteiger partial charge in [0.1, 0.15) is 12.1 Å². The summed E-state index contributed by atoms with van der Waals surface area (Å²) < 4.78 is 39.9. The van der Waals surface area contributed by atoms with Crippen LogP contribution in [0.5, 0.6) is 0 Å². The first kappa shape index (κ1) is 26.9. The Kier molecular flexibility index (Phi) is 6.83. The zero-order valence-electron chi connectivity index (χ0n) is 21.3. The number of carbonyl (C=O) groups is 2. The topological polar surface area (TPSA) is 168 Å². The van der Waals surface area contributed by atoms with Gasteiger partial charge in [-0.2, -0.15) is 27.9 Å². The molecular formula is C25H24F3N9O3. The van der Waals surface area contributed by atoms with E-state index in [0.29, 0.717) is 36.1 Å². The van der Waals surface area contributed by atoms with E-state index in [0.717, 1.165) is 11.6 Å². The number of Topliss-reactive ketones (excluding diaryl/α,β-unsaturated/α-hetero) is 1. The van der Waals surface area contributed by atoms with Gasteiger partial charge in [-0.15, -0.1) is 0 Å². The van der Waals surface area contributed by atoms with Crippen molar-refractivity contribution in [3.63, 3.8) is 0 Å². The number of fused-ring (bicyclic) bond motifs is 1. The van der Waals surface area contributed by atoms with Gasteiger partial charge in [-0.3, -0.25) is 19.7 Å². The molecule has 0 aromatic carbocycles. The molecule has 1 amide bonds. The van der Waals surface area contributed by atoms with Crippen molar-refractivity contribution in [3.8, 4) is 11.1 Å². The number of carbonyl (C=O) groups excluding carboxylic acids is 2. The number of rotatable bonds is 7. The third-order valence-corrected chi connectivity index (χ3v) is 6.67. The van der Waals surface area contributed by atoms with Crippen LogP contribution < -0.4 is 5.73 Å². The monoisotopic (exact) mass is 555 g/mol. The van der Waals surface area contributed by atoms with E-state index in [1.807, 2.05) is 6.92 Å². The lowest BCUT2D eigenvalue weighted by Crippen LogP contribution is -2.34. The average molecular weight is 556 g/mol. The molecule has 1 unspecified atom stereocenters. The van der Waals surface area contributed by atoms with E-state index >= 15 is 0 Å². The molecule has 0 spiro atoms. The smallest absolute Gasteiger partial charge is 0.383 e. The highest BCUT2D eigenvalue weighted by molar-refractivity contribution is 6.00. The Hall–Kier alpha value is -4.66. The molecule has 0 saturated carbocycles. The van der Waals surface area contributed by atoms with Crippen LogP contribution in [0.1, 0.15) is 65.2 Å². The molecule has 0 aliphatic carbocycles. The predicted molar refractivity (Wildman–Crippen MR) is 135 cm³/mol. The molecule has 0 fully saturated rings. The Morgan fingerprint density at radius 1 is 1.25 bits per heavy atom. The van der Waals surface area contributed by atoms with E-state index in [1.54, 1.807) is 11.1 Å². The number of halogens is 3. The van der Waals surface area contributed by atoms with Crippen molar-refractivity contribution >= 4 is 23.2 Å². The Bertz CT molecular complexity index is 1610. The zero-order valence-corrected chi connectivity index (χ0v) is 21.3. The number of aryl methyl sites for hydroxylation is 1. The number of aliphatic hydroxyl groups is 1. The van der Waals surface area contributed by atoms with Gasteiger partial charge in [-0.05, 0) is 39.2 Å². The minimum absolute atomic E-state index is 0.0612. The molecule has 4 aromatic rings. The lowest BCUT2D eigenvalue weighted by Gasteiger charge is -2.23. The van der Waals surface area contributed by atoms with Gasteiger partial charge in [0.15, 0.2) is 17.5 Å². The molecular weight excluding hydrogens is 531 g/mol. The van der Waals surface area contributed by atoms with Gasteiger partial charge in [0.25, 0.3) is 5.91 Å². The van der Waals surface area contributed by atoms with Crippen molar-refractivity contribution in [2.75, 3.05) is 5.73 Å². The number of ketones is 1. The standard InChI is InChI=1S/C25H24F3N9O3/c1-12-7-15(36(10-12)24(40)22-31-11-32-35-22)4-6-17-19(13(2)38)21(29)37-23(34-17)16(9-33-37)14-3-5-18(30-8-14)20(39)25(26,27)28/h3,5,8-11,15,20,39H,4,6-7,29H2,1-2H3,(H,31,32,35)/t15-,20?/m0/s1. The van der Waals surface area contributed by atoms with E-state index in [4.69, 9.17) is 5.73 Å². The van der Waals surface area contributed by atoms with Crippen molar-refractivity contribution in [1.82, 2.24) is 39.7 Å². The van der Waals surface area contributed by atoms with Gasteiger partial charge in [-0.1, -0.05) is 11.6 Å². The second-order valence-corrected chi connectivity index (χ2v) is 9.50. The van der Waals surface area contributed by atoms with Crippen LogP contribution in [0.4, 0.5) is 19.0 Å².